The molecule has 168 valence electrons. The van der Waals surface area contributed by atoms with Crippen LogP contribution in [-0.2, 0) is 5.60 Å². The van der Waals surface area contributed by atoms with Gasteiger partial charge in [0.1, 0.15) is 17.4 Å². The number of pyridine rings is 2. The zero-order valence-electron chi connectivity index (χ0n) is 16.7. The Morgan fingerprint density at radius 2 is 1.55 bits per heavy atom. The molecule has 0 saturated carbocycles. The van der Waals surface area contributed by atoms with Crippen LogP contribution in [0.2, 0.25) is 0 Å². The summed E-state index contributed by atoms with van der Waals surface area (Å²) in [7, 11) is 0. The largest absolute Gasteiger partial charge is 0.573 e. The maximum atomic E-state index is 14.7. The van der Waals surface area contributed by atoms with Crippen LogP contribution in [0.15, 0.2) is 85.3 Å². The Bertz CT molecular complexity index is 1250. The molecule has 1 N–H and O–H groups in total. The van der Waals surface area contributed by atoms with Crippen LogP contribution in [0.25, 0.3) is 11.1 Å². The van der Waals surface area contributed by atoms with Gasteiger partial charge in [-0.3, -0.25) is 9.97 Å². The molecule has 0 amide bonds. The van der Waals surface area contributed by atoms with Gasteiger partial charge in [0.25, 0.3) is 0 Å². The molecule has 0 radical (unpaired) electrons. The molecule has 4 aromatic rings. The Kier molecular flexibility index (Phi) is 5.82. The maximum absolute atomic E-state index is 14.7. The molecule has 0 fully saturated rings. The average Bonchev–Trinajstić information content (AvgIpc) is 2.79. The lowest BCUT2D eigenvalue weighted by atomic mass is 9.83. The number of ether oxygens (including phenoxy) is 1. The molecule has 1 unspecified atom stereocenters. The second-order valence-electron chi connectivity index (χ2n) is 7.08. The zero-order chi connectivity index (χ0) is 23.6. The number of hydrogen-bond donors (Lipinski definition) is 1. The molecule has 4 nitrogen and oxygen atoms in total. The van der Waals surface area contributed by atoms with Crippen molar-refractivity contribution in [3.05, 3.63) is 114 Å². The second-order valence-corrected chi connectivity index (χ2v) is 7.08. The molecule has 0 bridgehead atoms. The van der Waals surface area contributed by atoms with Crippen LogP contribution in [0.1, 0.15) is 16.8 Å². The summed E-state index contributed by atoms with van der Waals surface area (Å²) in [4.78, 5) is 8.25. The van der Waals surface area contributed by atoms with E-state index in [1.54, 1.807) is 12.1 Å². The van der Waals surface area contributed by atoms with E-state index in [4.69, 9.17) is 0 Å². The van der Waals surface area contributed by atoms with E-state index in [9.17, 15) is 27.1 Å². The predicted octanol–water partition coefficient (Wildman–Crippen LogP) is 5.60. The van der Waals surface area contributed by atoms with Crippen molar-refractivity contribution < 1.29 is 31.8 Å². The van der Waals surface area contributed by atoms with Gasteiger partial charge in [0, 0.05) is 41.3 Å². The van der Waals surface area contributed by atoms with Gasteiger partial charge < -0.3 is 9.84 Å². The lowest BCUT2D eigenvalue weighted by Crippen LogP contribution is -2.31. The van der Waals surface area contributed by atoms with Gasteiger partial charge in [-0.2, -0.15) is 0 Å². The minimum atomic E-state index is -4.79. The Morgan fingerprint density at radius 1 is 0.818 bits per heavy atom. The van der Waals surface area contributed by atoms with Crippen LogP contribution in [0.4, 0.5) is 22.0 Å². The number of halogens is 5. The van der Waals surface area contributed by atoms with E-state index in [0.717, 1.165) is 24.3 Å². The molecule has 0 aliphatic rings. The Hall–Kier alpha value is -3.85. The van der Waals surface area contributed by atoms with Gasteiger partial charge in [-0.05, 0) is 42.0 Å². The zero-order valence-corrected chi connectivity index (χ0v) is 16.7. The highest BCUT2D eigenvalue weighted by Crippen LogP contribution is 2.37. The molecule has 9 heteroatoms. The molecule has 0 spiro atoms. The third-order valence-electron chi connectivity index (χ3n) is 4.96. The highest BCUT2D eigenvalue weighted by atomic mass is 19.4. The minimum Gasteiger partial charge on any atom is -0.406 e. The van der Waals surface area contributed by atoms with Crippen molar-refractivity contribution in [3.8, 4) is 16.9 Å². The number of aromatic nitrogens is 2. The summed E-state index contributed by atoms with van der Waals surface area (Å²) in [5, 5.41) is 11.6. The predicted molar refractivity (Wildman–Crippen MR) is 109 cm³/mol. The number of nitrogens with zero attached hydrogens (tertiary/aromatic N) is 2. The van der Waals surface area contributed by atoms with Gasteiger partial charge >= 0.3 is 6.36 Å². The van der Waals surface area contributed by atoms with Crippen molar-refractivity contribution in [1.82, 2.24) is 9.97 Å². The van der Waals surface area contributed by atoms with Crippen molar-refractivity contribution >= 4 is 0 Å². The van der Waals surface area contributed by atoms with E-state index >= 15 is 0 Å². The molecule has 2 heterocycles. The summed E-state index contributed by atoms with van der Waals surface area (Å²) < 4.78 is 69.0. The van der Waals surface area contributed by atoms with Gasteiger partial charge in [-0.25, -0.2) is 8.78 Å². The topological polar surface area (TPSA) is 55.2 Å². The molecule has 2 aromatic heterocycles. The van der Waals surface area contributed by atoms with Gasteiger partial charge in [-0.1, -0.05) is 24.3 Å². The highest BCUT2D eigenvalue weighted by molar-refractivity contribution is 5.63. The SMILES string of the molecule is OC(c1cccnc1)(c1ccc(-c2ccc(OC(F)(F)F)cc2)cn1)c1ccc(F)cc1F. The minimum absolute atomic E-state index is 0.0433. The quantitative estimate of drug-likeness (QED) is 0.396. The highest BCUT2D eigenvalue weighted by Gasteiger charge is 2.38. The standard InChI is InChI=1S/C24H15F5N2O2/c25-18-6-9-20(21(26)12-18)23(32,17-2-1-11-30-14-17)22-10-5-16(13-31-22)15-3-7-19(8-4-15)33-24(27,28)29/h1-14,32H. The molecule has 1 atom stereocenters. The number of benzene rings is 2. The monoisotopic (exact) mass is 458 g/mol. The lowest BCUT2D eigenvalue weighted by Gasteiger charge is -2.29. The summed E-state index contributed by atoms with van der Waals surface area (Å²) in [5.41, 5.74) is -0.960. The number of aliphatic hydroxyl groups is 1. The summed E-state index contributed by atoms with van der Waals surface area (Å²) in [6, 6.07) is 14.1. The smallest absolute Gasteiger partial charge is 0.406 e. The normalized spacial score (nSPS) is 13.4. The van der Waals surface area contributed by atoms with E-state index < -0.39 is 23.6 Å². The van der Waals surface area contributed by atoms with Crippen molar-refractivity contribution in [1.29, 1.82) is 0 Å². The third kappa shape index (κ3) is 4.68. The molecule has 0 aliphatic heterocycles. The first-order chi connectivity index (χ1) is 15.7. The van der Waals surface area contributed by atoms with Crippen LogP contribution in [-0.4, -0.2) is 21.4 Å². The van der Waals surface area contributed by atoms with E-state index in [-0.39, 0.29) is 22.6 Å². The molecular formula is C24H15F5N2O2. The summed E-state index contributed by atoms with van der Waals surface area (Å²) in [5.74, 6) is -2.13. The Balaban J connectivity index is 1.73. The first kappa shape index (κ1) is 22.3. The van der Waals surface area contributed by atoms with E-state index in [1.807, 2.05) is 0 Å². The van der Waals surface area contributed by atoms with Crippen molar-refractivity contribution in [2.24, 2.45) is 0 Å². The van der Waals surface area contributed by atoms with Crippen LogP contribution >= 0.6 is 0 Å². The van der Waals surface area contributed by atoms with Crippen LogP contribution in [0.3, 0.4) is 0 Å². The molecule has 0 saturated heterocycles. The van der Waals surface area contributed by atoms with Gasteiger partial charge in [0.15, 0.2) is 5.60 Å². The first-order valence-corrected chi connectivity index (χ1v) is 9.58. The summed E-state index contributed by atoms with van der Waals surface area (Å²) in [6.07, 6.45) is -0.583. The van der Waals surface area contributed by atoms with Crippen molar-refractivity contribution in [3.63, 3.8) is 0 Å². The first-order valence-electron chi connectivity index (χ1n) is 9.58. The lowest BCUT2D eigenvalue weighted by molar-refractivity contribution is -0.274. The number of hydrogen-bond acceptors (Lipinski definition) is 4. The molecule has 2 aromatic carbocycles. The van der Waals surface area contributed by atoms with Crippen molar-refractivity contribution in [2.75, 3.05) is 0 Å². The summed E-state index contributed by atoms with van der Waals surface area (Å²) in [6.45, 7) is 0. The number of rotatable bonds is 5. The van der Waals surface area contributed by atoms with Gasteiger partial charge in [0.2, 0.25) is 0 Å². The second kappa shape index (κ2) is 8.59. The van der Waals surface area contributed by atoms with Crippen LogP contribution in [0.5, 0.6) is 5.75 Å². The van der Waals surface area contributed by atoms with Gasteiger partial charge in [0.05, 0.1) is 5.69 Å². The summed E-state index contributed by atoms with van der Waals surface area (Å²) >= 11 is 0. The fraction of sp³-hybridized carbons (Fsp3) is 0.0833. The average molecular weight is 458 g/mol. The van der Waals surface area contributed by atoms with E-state index in [0.29, 0.717) is 17.2 Å². The Morgan fingerprint density at radius 3 is 2.12 bits per heavy atom. The number of alkyl halides is 3. The fourth-order valence-corrected chi connectivity index (χ4v) is 3.43. The molecule has 0 aliphatic carbocycles. The molecule has 33 heavy (non-hydrogen) atoms. The third-order valence-corrected chi connectivity index (χ3v) is 4.96. The van der Waals surface area contributed by atoms with Crippen LogP contribution < -0.4 is 4.74 Å². The Labute approximate surface area is 185 Å². The molecule has 4 rings (SSSR count). The molecular weight excluding hydrogens is 443 g/mol. The maximum Gasteiger partial charge on any atom is 0.573 e. The van der Waals surface area contributed by atoms with E-state index in [1.165, 1.54) is 42.9 Å². The van der Waals surface area contributed by atoms with E-state index in [2.05, 4.69) is 14.7 Å². The van der Waals surface area contributed by atoms with Crippen molar-refractivity contribution in [2.45, 2.75) is 12.0 Å². The van der Waals surface area contributed by atoms with Crippen LogP contribution in [0, 0.1) is 11.6 Å². The fourth-order valence-electron chi connectivity index (χ4n) is 3.43. The van der Waals surface area contributed by atoms with Gasteiger partial charge in [-0.15, -0.1) is 13.2 Å².